The van der Waals surface area contributed by atoms with E-state index in [1.54, 1.807) is 17.5 Å². The van der Waals surface area contributed by atoms with Gasteiger partial charge in [-0.25, -0.2) is 4.21 Å². The number of unbranched alkanes of at least 4 members (excludes halogenated alkanes) is 1. The lowest BCUT2D eigenvalue weighted by Crippen LogP contribution is -2.46. The summed E-state index contributed by atoms with van der Waals surface area (Å²) in [6.07, 6.45) is 3.92. The van der Waals surface area contributed by atoms with E-state index >= 15 is 0 Å². The average Bonchev–Trinajstić information content (AvgIpc) is 3.25. The molecule has 1 unspecified atom stereocenters. The fourth-order valence-corrected chi connectivity index (χ4v) is 5.57. The number of ether oxygens (including phenoxy) is 1. The van der Waals surface area contributed by atoms with Crippen LogP contribution in [0.2, 0.25) is 0 Å². The lowest BCUT2D eigenvalue weighted by atomic mass is 10.1. The number of nitrogens with zero attached hydrogens (tertiary/aromatic N) is 4. The second kappa shape index (κ2) is 9.90. The molecular weight excluding hydrogens is 452 g/mol. The SMILES string of the molecule is O=Nn1c(=O)ccc2ccc(OCCCCN3CCN(c4cccc5c4C=CS5=O)CC3)cc21. The smallest absolute Gasteiger partial charge is 0.274 e. The van der Waals surface area contributed by atoms with E-state index in [-0.39, 0.29) is 0 Å². The number of rotatable bonds is 8. The molecule has 176 valence electrons. The summed E-state index contributed by atoms with van der Waals surface area (Å²) in [5, 5.41) is 5.34. The standard InChI is InChI=1S/C25H26N4O4S/c30-25-9-7-19-6-8-20(18-23(19)29(25)26-31)33-16-2-1-11-27-12-14-28(15-13-27)22-4-3-5-24-21(22)10-17-34(24)32/h3-10,17-18H,1-2,11-16H2. The minimum Gasteiger partial charge on any atom is -0.494 e. The minimum absolute atomic E-state index is 0.448. The third kappa shape index (κ3) is 4.53. The maximum absolute atomic E-state index is 12.1. The molecule has 0 aliphatic carbocycles. The summed E-state index contributed by atoms with van der Waals surface area (Å²) in [6, 6.07) is 14.4. The second-order valence-electron chi connectivity index (χ2n) is 8.46. The van der Waals surface area contributed by atoms with Crippen molar-refractivity contribution >= 4 is 33.5 Å². The van der Waals surface area contributed by atoms with Crippen molar-refractivity contribution in [1.82, 2.24) is 9.58 Å². The molecule has 1 saturated heterocycles. The number of benzene rings is 2. The molecule has 0 spiro atoms. The summed E-state index contributed by atoms with van der Waals surface area (Å²) in [6.45, 7) is 5.49. The van der Waals surface area contributed by atoms with Gasteiger partial charge in [-0.05, 0) is 55.8 Å². The predicted octanol–water partition coefficient (Wildman–Crippen LogP) is 3.60. The van der Waals surface area contributed by atoms with Crippen LogP contribution in [-0.2, 0) is 10.8 Å². The Morgan fingerprint density at radius 2 is 1.82 bits per heavy atom. The molecule has 9 heteroatoms. The Morgan fingerprint density at radius 1 is 1.00 bits per heavy atom. The Morgan fingerprint density at radius 3 is 2.65 bits per heavy atom. The number of pyridine rings is 1. The third-order valence-electron chi connectivity index (χ3n) is 6.39. The topological polar surface area (TPSA) is 84.2 Å². The minimum atomic E-state index is -1.01. The van der Waals surface area contributed by atoms with Gasteiger partial charge in [0.15, 0.2) is 0 Å². The number of nitroso groups, excluding NO2 is 1. The van der Waals surface area contributed by atoms with Gasteiger partial charge in [-0.1, -0.05) is 6.07 Å². The molecule has 3 heterocycles. The zero-order valence-corrected chi connectivity index (χ0v) is 19.6. The van der Waals surface area contributed by atoms with E-state index in [1.165, 1.54) is 11.8 Å². The highest BCUT2D eigenvalue weighted by molar-refractivity contribution is 7.88. The molecule has 8 nitrogen and oxygen atoms in total. The van der Waals surface area contributed by atoms with Crippen LogP contribution in [-0.4, -0.2) is 53.1 Å². The molecule has 1 atom stereocenters. The Bertz CT molecular complexity index is 1330. The van der Waals surface area contributed by atoms with E-state index in [9.17, 15) is 13.9 Å². The lowest BCUT2D eigenvalue weighted by Gasteiger charge is -2.36. The normalized spacial score (nSPS) is 17.8. The van der Waals surface area contributed by atoms with Crippen molar-refractivity contribution < 1.29 is 8.95 Å². The summed E-state index contributed by atoms with van der Waals surface area (Å²) >= 11 is 0. The average molecular weight is 479 g/mol. The van der Waals surface area contributed by atoms with Crippen molar-refractivity contribution in [2.75, 3.05) is 44.2 Å². The number of aromatic nitrogens is 1. The van der Waals surface area contributed by atoms with Crippen LogP contribution in [0.1, 0.15) is 18.4 Å². The van der Waals surface area contributed by atoms with E-state index in [2.05, 4.69) is 21.2 Å². The van der Waals surface area contributed by atoms with Gasteiger partial charge in [0.05, 0.1) is 33.1 Å². The zero-order valence-electron chi connectivity index (χ0n) is 18.8. The summed E-state index contributed by atoms with van der Waals surface area (Å²) in [5.74, 6) is 0.620. The monoisotopic (exact) mass is 478 g/mol. The Hall–Kier alpha value is -3.30. The fourth-order valence-electron chi connectivity index (χ4n) is 4.57. The first kappa shape index (κ1) is 22.5. The molecule has 0 bridgehead atoms. The third-order valence-corrected chi connectivity index (χ3v) is 7.57. The number of anilines is 1. The largest absolute Gasteiger partial charge is 0.494 e. The molecule has 1 aromatic heterocycles. The van der Waals surface area contributed by atoms with Crippen molar-refractivity contribution in [3.63, 3.8) is 0 Å². The van der Waals surface area contributed by atoms with Gasteiger partial charge in [-0.3, -0.25) is 9.69 Å². The highest BCUT2D eigenvalue weighted by Crippen LogP contribution is 2.33. The molecule has 1 fully saturated rings. The number of fused-ring (bicyclic) bond motifs is 2. The first-order valence-electron chi connectivity index (χ1n) is 11.5. The molecule has 3 aromatic rings. The summed E-state index contributed by atoms with van der Waals surface area (Å²) in [4.78, 5) is 28.6. The van der Waals surface area contributed by atoms with Gasteiger partial charge in [-0.2, -0.15) is 4.68 Å². The van der Waals surface area contributed by atoms with Crippen LogP contribution < -0.4 is 15.2 Å². The van der Waals surface area contributed by atoms with Gasteiger partial charge in [0, 0.05) is 60.4 Å². The van der Waals surface area contributed by atoms with Crippen LogP contribution in [0.15, 0.2) is 68.9 Å². The summed E-state index contributed by atoms with van der Waals surface area (Å²) < 4.78 is 18.8. The van der Waals surface area contributed by atoms with E-state index in [0.29, 0.717) is 17.9 Å². The van der Waals surface area contributed by atoms with E-state index in [1.807, 2.05) is 30.3 Å². The van der Waals surface area contributed by atoms with Crippen LogP contribution >= 0.6 is 0 Å². The van der Waals surface area contributed by atoms with Crippen molar-refractivity contribution in [1.29, 1.82) is 0 Å². The van der Waals surface area contributed by atoms with E-state index in [4.69, 9.17) is 4.74 Å². The van der Waals surface area contributed by atoms with Gasteiger partial charge < -0.3 is 9.64 Å². The van der Waals surface area contributed by atoms with Crippen molar-refractivity contribution in [2.24, 2.45) is 5.29 Å². The fraction of sp³-hybridized carbons (Fsp3) is 0.320. The van der Waals surface area contributed by atoms with E-state index < -0.39 is 16.4 Å². The molecular formula is C25H26N4O4S. The van der Waals surface area contributed by atoms with Crippen molar-refractivity contribution in [3.8, 4) is 5.75 Å². The van der Waals surface area contributed by atoms with Gasteiger partial charge in [0.2, 0.25) is 0 Å². The number of hydrogen-bond donors (Lipinski definition) is 0. The Kier molecular flexibility index (Phi) is 6.55. The van der Waals surface area contributed by atoms with Gasteiger partial charge in [-0.15, -0.1) is 4.91 Å². The summed E-state index contributed by atoms with van der Waals surface area (Å²) in [5.41, 5.74) is 2.27. The van der Waals surface area contributed by atoms with Crippen LogP contribution in [0.5, 0.6) is 5.75 Å². The van der Waals surface area contributed by atoms with Crippen LogP contribution in [0, 0.1) is 4.91 Å². The lowest BCUT2D eigenvalue weighted by molar-refractivity contribution is 0.238. The maximum atomic E-state index is 12.1. The molecule has 5 rings (SSSR count). The predicted molar refractivity (Wildman–Crippen MR) is 135 cm³/mol. The second-order valence-corrected chi connectivity index (χ2v) is 9.77. The van der Waals surface area contributed by atoms with Crippen LogP contribution in [0.25, 0.3) is 17.0 Å². The quantitative estimate of drug-likeness (QED) is 0.363. The first-order chi connectivity index (χ1) is 16.6. The Labute approximate surface area is 199 Å². The molecule has 0 N–H and O–H groups in total. The van der Waals surface area contributed by atoms with Crippen molar-refractivity contribution in [2.45, 2.75) is 17.7 Å². The summed E-state index contributed by atoms with van der Waals surface area (Å²) in [7, 11) is -1.01. The molecule has 0 radical (unpaired) electrons. The molecule has 34 heavy (non-hydrogen) atoms. The maximum Gasteiger partial charge on any atom is 0.274 e. The zero-order chi connectivity index (χ0) is 23.5. The van der Waals surface area contributed by atoms with Crippen LogP contribution in [0.4, 0.5) is 5.69 Å². The first-order valence-corrected chi connectivity index (χ1v) is 12.7. The molecule has 2 aromatic carbocycles. The molecule has 0 saturated carbocycles. The number of piperazine rings is 1. The van der Waals surface area contributed by atoms with Gasteiger partial charge in [0.1, 0.15) is 5.75 Å². The van der Waals surface area contributed by atoms with Gasteiger partial charge >= 0.3 is 0 Å². The Balaban J connectivity index is 1.08. The molecule has 2 aliphatic rings. The molecule has 0 amide bonds. The van der Waals surface area contributed by atoms with Crippen molar-refractivity contribution in [3.05, 3.63) is 74.8 Å². The molecule has 2 aliphatic heterocycles. The highest BCUT2D eigenvalue weighted by Gasteiger charge is 2.22. The number of hydrogen-bond acceptors (Lipinski definition) is 7. The van der Waals surface area contributed by atoms with Gasteiger partial charge in [0.25, 0.3) is 5.56 Å². The van der Waals surface area contributed by atoms with E-state index in [0.717, 1.165) is 66.1 Å². The van der Waals surface area contributed by atoms with Crippen LogP contribution in [0.3, 0.4) is 0 Å². The highest BCUT2D eigenvalue weighted by atomic mass is 32.2.